The molecule has 0 heterocycles. The van der Waals surface area contributed by atoms with Crippen LogP contribution in [0, 0.1) is 0 Å². The Bertz CT molecular complexity index is 175. The summed E-state index contributed by atoms with van der Waals surface area (Å²) in [4.78, 5) is 20.6. The molecule has 0 fully saturated rings. The lowest BCUT2D eigenvalue weighted by atomic mass is 10.1. The Morgan fingerprint density at radius 3 is 2.79 bits per heavy atom. The van der Waals surface area contributed by atoms with Crippen molar-refractivity contribution in [1.82, 2.24) is 5.43 Å². The number of carboxylic acid groups (broad SMARTS) is 1. The first-order valence-corrected chi connectivity index (χ1v) is 4.50. The van der Waals surface area contributed by atoms with Crippen LogP contribution in [0.25, 0.3) is 5.43 Å². The van der Waals surface area contributed by atoms with Gasteiger partial charge < -0.3 is 26.5 Å². The maximum absolute atomic E-state index is 10.5. The van der Waals surface area contributed by atoms with E-state index in [9.17, 15) is 9.59 Å². The van der Waals surface area contributed by atoms with Crippen LogP contribution in [0.4, 0.5) is 0 Å². The molecule has 0 saturated carbocycles. The monoisotopic (exact) mass is 202 g/mol. The van der Waals surface area contributed by atoms with E-state index in [0.29, 0.717) is 13.0 Å². The van der Waals surface area contributed by atoms with E-state index < -0.39 is 12.0 Å². The van der Waals surface area contributed by atoms with Gasteiger partial charge in [-0.15, -0.1) is 0 Å². The number of carboxylic acids is 1. The molecule has 0 aromatic heterocycles. The highest BCUT2D eigenvalue weighted by Crippen LogP contribution is 1.99. The predicted octanol–water partition coefficient (Wildman–Crippen LogP) is -0.354. The lowest BCUT2D eigenvalue weighted by Crippen LogP contribution is -2.28. The van der Waals surface area contributed by atoms with Crippen molar-refractivity contribution in [1.29, 1.82) is 0 Å². The predicted molar refractivity (Wildman–Crippen MR) is 51.8 cm³/mol. The van der Waals surface area contributed by atoms with Gasteiger partial charge in [0.15, 0.2) is 0 Å². The van der Waals surface area contributed by atoms with Crippen LogP contribution in [0.2, 0.25) is 0 Å². The summed E-state index contributed by atoms with van der Waals surface area (Å²) in [6.07, 6.45) is 3.03. The molecule has 1 atom stereocenters. The summed E-state index contributed by atoms with van der Waals surface area (Å²) in [6, 6.07) is -0.402. The molecular weight excluding hydrogens is 186 g/mol. The van der Waals surface area contributed by atoms with Gasteiger partial charge in [-0.2, -0.15) is 0 Å². The van der Waals surface area contributed by atoms with Crippen LogP contribution in [-0.2, 0) is 9.59 Å². The van der Waals surface area contributed by atoms with Crippen LogP contribution in [-0.4, -0.2) is 36.5 Å². The van der Waals surface area contributed by atoms with E-state index in [-0.39, 0.29) is 6.54 Å². The third kappa shape index (κ3) is 7.66. The Morgan fingerprint density at radius 1 is 1.57 bits per heavy atom. The average Bonchev–Trinajstić information content (AvgIpc) is 2.15. The van der Waals surface area contributed by atoms with E-state index in [1.165, 1.54) is 0 Å². The second-order valence-corrected chi connectivity index (χ2v) is 2.87. The van der Waals surface area contributed by atoms with Gasteiger partial charge in [-0.1, -0.05) is 6.42 Å². The highest BCUT2D eigenvalue weighted by Gasteiger charge is 2.00. The molecule has 14 heavy (non-hydrogen) atoms. The standard InChI is InChI=1S/C8H16N3O3/c9-4-2-1-3-7(6-12)11-10-5-8(13)14/h6-7,11H,1-5,9H2,(H,13,14)/q-1. The van der Waals surface area contributed by atoms with E-state index in [4.69, 9.17) is 10.8 Å². The number of nitrogens with two attached hydrogens (primary N) is 1. The molecule has 0 aliphatic carbocycles. The van der Waals surface area contributed by atoms with Gasteiger partial charge >= 0.3 is 0 Å². The molecule has 4 N–H and O–H groups in total. The van der Waals surface area contributed by atoms with Gasteiger partial charge in [-0.3, -0.25) is 4.79 Å². The number of unbranched alkanes of at least 4 members (excludes halogenated alkanes) is 1. The fraction of sp³-hybridized carbons (Fsp3) is 0.750. The fourth-order valence-electron chi connectivity index (χ4n) is 0.902. The molecule has 0 aromatic rings. The third-order valence-electron chi connectivity index (χ3n) is 1.60. The first-order chi connectivity index (χ1) is 6.70. The number of carbonyl (C=O) groups is 2. The molecular formula is C8H16N3O3-. The number of nitrogens with zero attached hydrogens (tertiary/aromatic N) is 1. The van der Waals surface area contributed by atoms with Gasteiger partial charge in [-0.25, -0.2) is 0 Å². The molecule has 0 rings (SSSR count). The molecule has 6 heteroatoms. The molecule has 0 radical (unpaired) electrons. The zero-order valence-corrected chi connectivity index (χ0v) is 7.98. The van der Waals surface area contributed by atoms with E-state index in [1.807, 2.05) is 0 Å². The Labute approximate surface area is 82.8 Å². The molecule has 0 bridgehead atoms. The minimum atomic E-state index is -1.02. The molecule has 0 spiro atoms. The lowest BCUT2D eigenvalue weighted by molar-refractivity contribution is -0.135. The zero-order valence-electron chi connectivity index (χ0n) is 7.98. The second kappa shape index (κ2) is 8.61. The summed E-state index contributed by atoms with van der Waals surface area (Å²) >= 11 is 0. The van der Waals surface area contributed by atoms with Crippen molar-refractivity contribution >= 4 is 12.3 Å². The first-order valence-electron chi connectivity index (χ1n) is 4.50. The van der Waals surface area contributed by atoms with E-state index in [1.54, 1.807) is 0 Å². The smallest absolute Gasteiger partial charge is 0.283 e. The van der Waals surface area contributed by atoms with Crippen LogP contribution < -0.4 is 11.2 Å². The lowest BCUT2D eigenvalue weighted by Gasteiger charge is -2.24. The van der Waals surface area contributed by atoms with E-state index in [2.05, 4.69) is 10.9 Å². The van der Waals surface area contributed by atoms with Crippen molar-refractivity contribution < 1.29 is 14.7 Å². The average molecular weight is 202 g/mol. The molecule has 0 saturated heterocycles. The fourth-order valence-corrected chi connectivity index (χ4v) is 0.902. The summed E-state index contributed by atoms with van der Waals surface area (Å²) in [6.45, 7) is 0.263. The number of hydrogen-bond acceptors (Lipinski definition) is 4. The summed E-state index contributed by atoms with van der Waals surface area (Å²) < 4.78 is 0. The minimum absolute atomic E-state index is 0.332. The molecule has 0 aliphatic heterocycles. The van der Waals surface area contributed by atoms with Gasteiger partial charge in [0.1, 0.15) is 6.29 Å². The maximum atomic E-state index is 10.5. The van der Waals surface area contributed by atoms with E-state index in [0.717, 1.165) is 19.1 Å². The second-order valence-electron chi connectivity index (χ2n) is 2.87. The Hall–Kier alpha value is -0.980. The number of carbonyl (C=O) groups excluding carboxylic acids is 1. The van der Waals surface area contributed by atoms with Gasteiger partial charge in [-0.05, 0) is 25.9 Å². The summed E-state index contributed by atoms with van der Waals surface area (Å²) in [7, 11) is 0. The van der Waals surface area contributed by atoms with Crippen LogP contribution in [0.5, 0.6) is 0 Å². The van der Waals surface area contributed by atoms with Crippen molar-refractivity contribution in [2.45, 2.75) is 25.3 Å². The summed E-state index contributed by atoms with van der Waals surface area (Å²) in [5, 5.41) is 8.27. The molecule has 1 unspecified atom stereocenters. The van der Waals surface area contributed by atoms with Crippen molar-refractivity contribution in [2.75, 3.05) is 13.1 Å². The quantitative estimate of drug-likeness (QED) is 0.269. The van der Waals surface area contributed by atoms with Crippen molar-refractivity contribution in [3.05, 3.63) is 5.43 Å². The zero-order chi connectivity index (χ0) is 10.8. The van der Waals surface area contributed by atoms with Crippen LogP contribution in [0.1, 0.15) is 19.3 Å². The Morgan fingerprint density at radius 2 is 2.29 bits per heavy atom. The van der Waals surface area contributed by atoms with Gasteiger partial charge in [0.2, 0.25) is 0 Å². The summed E-state index contributed by atoms with van der Waals surface area (Å²) in [5.41, 5.74) is 11.3. The van der Waals surface area contributed by atoms with Crippen molar-refractivity contribution in [3.63, 3.8) is 0 Å². The number of rotatable bonds is 9. The first kappa shape index (κ1) is 13.0. The van der Waals surface area contributed by atoms with E-state index >= 15 is 0 Å². The third-order valence-corrected chi connectivity index (χ3v) is 1.60. The van der Waals surface area contributed by atoms with Crippen molar-refractivity contribution in [3.8, 4) is 0 Å². The van der Waals surface area contributed by atoms with Crippen LogP contribution in [0.15, 0.2) is 0 Å². The van der Waals surface area contributed by atoms with Gasteiger partial charge in [0.25, 0.3) is 5.97 Å². The SMILES string of the molecule is NCCCCC(C=O)N[N-]CC(=O)O. The van der Waals surface area contributed by atoms with Crippen molar-refractivity contribution in [2.24, 2.45) is 5.73 Å². The minimum Gasteiger partial charge on any atom is -0.588 e. The topological polar surface area (TPSA) is 107 Å². The van der Waals surface area contributed by atoms with Gasteiger partial charge in [0, 0.05) is 6.04 Å². The molecule has 82 valence electrons. The normalized spacial score (nSPS) is 12.4. The molecule has 0 aromatic carbocycles. The number of hydrogen-bond donors (Lipinski definition) is 3. The Balaban J connectivity index is 3.47. The number of aldehydes is 1. The van der Waals surface area contributed by atoms with Crippen LogP contribution >= 0.6 is 0 Å². The number of nitrogens with one attached hydrogen (secondary N) is 1. The Kier molecular flexibility index (Phi) is 8.01. The highest BCUT2D eigenvalue weighted by molar-refractivity contribution is 5.71. The largest absolute Gasteiger partial charge is 0.588 e. The van der Waals surface area contributed by atoms with Crippen LogP contribution in [0.3, 0.4) is 0 Å². The maximum Gasteiger partial charge on any atom is 0.283 e. The summed E-state index contributed by atoms with van der Waals surface area (Å²) in [5.74, 6) is -1.02. The van der Waals surface area contributed by atoms with Gasteiger partial charge in [0.05, 0.1) is 0 Å². The number of aliphatic carboxylic acids is 1. The molecule has 0 aliphatic rings. The highest BCUT2D eigenvalue weighted by atomic mass is 16.4. The molecule has 0 amide bonds. The molecule has 6 nitrogen and oxygen atoms in total.